The smallest absolute Gasteiger partial charge is 0.247 e. The molecule has 1 N–H and O–H groups in total. The highest BCUT2D eigenvalue weighted by Gasteiger charge is 2.21. The van der Waals surface area contributed by atoms with Crippen molar-refractivity contribution in [3.63, 3.8) is 0 Å². The molecule has 138 valence electrons. The van der Waals surface area contributed by atoms with Gasteiger partial charge in [0.2, 0.25) is 5.95 Å². The summed E-state index contributed by atoms with van der Waals surface area (Å²) in [6.45, 7) is 2.62. The predicted octanol–water partition coefficient (Wildman–Crippen LogP) is 3.22. The molecular formula is C19H18F2N6. The van der Waals surface area contributed by atoms with Gasteiger partial charge in [-0.05, 0) is 30.3 Å². The zero-order chi connectivity index (χ0) is 18.6. The molecule has 1 saturated heterocycles. The second-order valence-corrected chi connectivity index (χ2v) is 6.20. The van der Waals surface area contributed by atoms with Gasteiger partial charge < -0.3 is 15.1 Å². The Morgan fingerprint density at radius 3 is 2.44 bits per heavy atom. The zero-order valence-corrected chi connectivity index (χ0v) is 14.5. The van der Waals surface area contributed by atoms with Crippen molar-refractivity contribution in [3.05, 3.63) is 66.4 Å². The lowest BCUT2D eigenvalue weighted by atomic mass is 10.2. The number of halogens is 2. The van der Waals surface area contributed by atoms with Gasteiger partial charge >= 0.3 is 0 Å². The molecule has 0 unspecified atom stereocenters. The van der Waals surface area contributed by atoms with Crippen LogP contribution in [0.1, 0.15) is 0 Å². The van der Waals surface area contributed by atoms with E-state index < -0.39 is 0 Å². The molecule has 1 aromatic heterocycles. The molecule has 0 saturated carbocycles. The second-order valence-electron chi connectivity index (χ2n) is 6.20. The lowest BCUT2D eigenvalue weighted by molar-refractivity contribution is 0.592. The van der Waals surface area contributed by atoms with Crippen LogP contribution in [0, 0.1) is 11.6 Å². The second kappa shape index (κ2) is 7.53. The van der Waals surface area contributed by atoms with Gasteiger partial charge in [-0.2, -0.15) is 10.1 Å². The number of benzene rings is 2. The van der Waals surface area contributed by atoms with E-state index in [1.165, 1.54) is 24.4 Å². The molecule has 2 heterocycles. The molecule has 2 aromatic carbocycles. The first-order valence-corrected chi connectivity index (χ1v) is 8.66. The molecule has 1 fully saturated rings. The number of nitrogens with one attached hydrogen (secondary N) is 1. The Morgan fingerprint density at radius 2 is 1.67 bits per heavy atom. The van der Waals surface area contributed by atoms with Crippen LogP contribution in [0.15, 0.2) is 54.7 Å². The molecule has 6 nitrogen and oxygen atoms in total. The summed E-state index contributed by atoms with van der Waals surface area (Å²) in [5, 5.41) is 11.1. The first-order valence-electron chi connectivity index (χ1n) is 8.66. The summed E-state index contributed by atoms with van der Waals surface area (Å²) in [5.74, 6) is 0.434. The molecule has 0 aliphatic carbocycles. The van der Waals surface area contributed by atoms with Gasteiger partial charge in [0, 0.05) is 31.9 Å². The third kappa shape index (κ3) is 3.94. The van der Waals surface area contributed by atoms with Crippen LogP contribution in [0.25, 0.3) is 0 Å². The molecule has 0 bridgehead atoms. The van der Waals surface area contributed by atoms with Gasteiger partial charge in [0.15, 0.2) is 5.82 Å². The molecule has 1 aliphatic rings. The van der Waals surface area contributed by atoms with Crippen LogP contribution in [0.3, 0.4) is 0 Å². The van der Waals surface area contributed by atoms with Crippen LogP contribution in [0.4, 0.5) is 31.9 Å². The highest BCUT2D eigenvalue weighted by atomic mass is 19.1. The van der Waals surface area contributed by atoms with E-state index in [2.05, 4.69) is 20.5 Å². The van der Waals surface area contributed by atoms with Crippen LogP contribution in [-0.2, 0) is 0 Å². The maximum Gasteiger partial charge on any atom is 0.247 e. The van der Waals surface area contributed by atoms with E-state index in [1.54, 1.807) is 24.3 Å². The molecule has 0 radical (unpaired) electrons. The summed E-state index contributed by atoms with van der Waals surface area (Å²) >= 11 is 0. The summed E-state index contributed by atoms with van der Waals surface area (Å²) in [4.78, 5) is 8.47. The monoisotopic (exact) mass is 368 g/mol. The van der Waals surface area contributed by atoms with E-state index in [1.807, 2.05) is 15.9 Å². The summed E-state index contributed by atoms with van der Waals surface area (Å²) in [5.41, 5.74) is 1.20. The number of hydrogen-bond donors (Lipinski definition) is 1. The van der Waals surface area contributed by atoms with Crippen molar-refractivity contribution in [1.82, 2.24) is 15.2 Å². The fraction of sp³-hybridized carbons (Fsp3) is 0.211. The Hall–Kier alpha value is -3.29. The standard InChI is InChI=1S/C19H18F2N6/c20-14-4-3-5-15(12-14)23-18-13-22-25-19(24-18)27-10-8-26(9-11-27)17-7-2-1-6-16(17)21/h1-7,12-13H,8-11H2,(H,23,24,25). The predicted molar refractivity (Wildman–Crippen MR) is 100 cm³/mol. The largest absolute Gasteiger partial charge is 0.366 e. The van der Waals surface area contributed by atoms with Gasteiger partial charge in [0.25, 0.3) is 0 Å². The van der Waals surface area contributed by atoms with E-state index in [4.69, 9.17) is 0 Å². The average Bonchev–Trinajstić information content (AvgIpc) is 2.69. The van der Waals surface area contributed by atoms with E-state index in [-0.39, 0.29) is 11.6 Å². The molecule has 0 atom stereocenters. The number of para-hydroxylation sites is 1. The third-order valence-corrected chi connectivity index (χ3v) is 4.40. The lowest BCUT2D eigenvalue weighted by Gasteiger charge is -2.36. The van der Waals surface area contributed by atoms with E-state index in [0.29, 0.717) is 49.3 Å². The first-order chi connectivity index (χ1) is 13.2. The Balaban J connectivity index is 1.43. The van der Waals surface area contributed by atoms with Gasteiger partial charge in [-0.15, -0.1) is 5.10 Å². The van der Waals surface area contributed by atoms with E-state index in [9.17, 15) is 8.78 Å². The number of piperazine rings is 1. The summed E-state index contributed by atoms with van der Waals surface area (Å²) in [6, 6.07) is 12.9. The SMILES string of the molecule is Fc1cccc(Nc2cnnc(N3CCN(c4ccccc4F)CC3)n2)c1. The number of aromatic nitrogens is 3. The molecule has 1 aliphatic heterocycles. The van der Waals surface area contributed by atoms with Crippen molar-refractivity contribution < 1.29 is 8.78 Å². The summed E-state index contributed by atoms with van der Waals surface area (Å²) in [7, 11) is 0. The Morgan fingerprint density at radius 1 is 0.889 bits per heavy atom. The topological polar surface area (TPSA) is 57.2 Å². The van der Waals surface area contributed by atoms with Gasteiger partial charge in [-0.1, -0.05) is 18.2 Å². The number of anilines is 4. The fourth-order valence-electron chi connectivity index (χ4n) is 3.06. The van der Waals surface area contributed by atoms with Crippen molar-refractivity contribution >= 4 is 23.1 Å². The maximum absolute atomic E-state index is 14.0. The Bertz CT molecular complexity index is 927. The maximum atomic E-state index is 14.0. The highest BCUT2D eigenvalue weighted by molar-refractivity contribution is 5.56. The number of rotatable bonds is 4. The quantitative estimate of drug-likeness (QED) is 0.763. The zero-order valence-electron chi connectivity index (χ0n) is 14.5. The van der Waals surface area contributed by atoms with E-state index >= 15 is 0 Å². The Kier molecular flexibility index (Phi) is 4.78. The molecule has 27 heavy (non-hydrogen) atoms. The minimum Gasteiger partial charge on any atom is -0.366 e. The van der Waals surface area contributed by atoms with Crippen molar-refractivity contribution in [2.45, 2.75) is 0 Å². The average molecular weight is 368 g/mol. The van der Waals surface area contributed by atoms with Gasteiger partial charge in [-0.3, -0.25) is 0 Å². The van der Waals surface area contributed by atoms with Gasteiger partial charge in [0.05, 0.1) is 11.9 Å². The van der Waals surface area contributed by atoms with Crippen molar-refractivity contribution in [2.24, 2.45) is 0 Å². The van der Waals surface area contributed by atoms with Crippen molar-refractivity contribution in [2.75, 3.05) is 41.3 Å². The molecule has 8 heteroatoms. The van der Waals surface area contributed by atoms with E-state index in [0.717, 1.165) is 0 Å². The van der Waals surface area contributed by atoms with Gasteiger partial charge in [0.1, 0.15) is 11.6 Å². The molecule has 0 spiro atoms. The van der Waals surface area contributed by atoms with Crippen molar-refractivity contribution in [1.29, 1.82) is 0 Å². The lowest BCUT2D eigenvalue weighted by Crippen LogP contribution is -2.47. The van der Waals surface area contributed by atoms with Crippen molar-refractivity contribution in [3.8, 4) is 0 Å². The Labute approximate surface area is 155 Å². The minimum absolute atomic E-state index is 0.217. The van der Waals surface area contributed by atoms with Crippen LogP contribution in [0.2, 0.25) is 0 Å². The normalized spacial score (nSPS) is 14.3. The van der Waals surface area contributed by atoms with Crippen LogP contribution in [-0.4, -0.2) is 41.4 Å². The minimum atomic E-state index is -0.327. The molecule has 4 rings (SSSR count). The summed E-state index contributed by atoms with van der Waals surface area (Å²) < 4.78 is 27.3. The fourth-order valence-corrected chi connectivity index (χ4v) is 3.06. The van der Waals surface area contributed by atoms with Crippen LogP contribution < -0.4 is 15.1 Å². The third-order valence-electron chi connectivity index (χ3n) is 4.40. The number of hydrogen-bond acceptors (Lipinski definition) is 6. The number of nitrogens with zero attached hydrogens (tertiary/aromatic N) is 5. The van der Waals surface area contributed by atoms with Crippen LogP contribution >= 0.6 is 0 Å². The molecule has 3 aromatic rings. The summed E-state index contributed by atoms with van der Waals surface area (Å²) in [6.07, 6.45) is 1.49. The highest BCUT2D eigenvalue weighted by Crippen LogP contribution is 2.22. The van der Waals surface area contributed by atoms with Gasteiger partial charge in [-0.25, -0.2) is 8.78 Å². The van der Waals surface area contributed by atoms with Crippen LogP contribution in [0.5, 0.6) is 0 Å². The first kappa shape index (κ1) is 17.1. The molecular weight excluding hydrogens is 350 g/mol. The molecule has 0 amide bonds.